The standard InChI is InChI=1S/C13H15ClO/c1-9-2-4-11(13(14)6-9)7-10-3-5-12(15)8-10/h2,4,6,10H,3,5,7-8H2,1H3. The Morgan fingerprint density at radius 1 is 1.47 bits per heavy atom. The molecule has 1 fully saturated rings. The number of hydrogen-bond acceptors (Lipinski definition) is 1. The molecule has 15 heavy (non-hydrogen) atoms. The fourth-order valence-corrected chi connectivity index (χ4v) is 2.51. The van der Waals surface area contributed by atoms with Gasteiger partial charge in [-0.3, -0.25) is 4.79 Å². The van der Waals surface area contributed by atoms with Gasteiger partial charge in [0.25, 0.3) is 0 Å². The molecule has 1 aromatic rings. The van der Waals surface area contributed by atoms with E-state index in [4.69, 9.17) is 11.6 Å². The first-order chi connectivity index (χ1) is 7.15. The van der Waals surface area contributed by atoms with Crippen molar-refractivity contribution in [3.05, 3.63) is 34.3 Å². The molecular weight excluding hydrogens is 208 g/mol. The lowest BCUT2D eigenvalue weighted by molar-refractivity contribution is -0.117. The maximum absolute atomic E-state index is 11.1. The van der Waals surface area contributed by atoms with Crippen molar-refractivity contribution in [2.75, 3.05) is 0 Å². The van der Waals surface area contributed by atoms with Gasteiger partial charge >= 0.3 is 0 Å². The van der Waals surface area contributed by atoms with Gasteiger partial charge in [-0.2, -0.15) is 0 Å². The molecule has 80 valence electrons. The lowest BCUT2D eigenvalue weighted by atomic mass is 9.97. The molecule has 0 saturated heterocycles. The number of hydrogen-bond donors (Lipinski definition) is 0. The molecule has 1 saturated carbocycles. The Hall–Kier alpha value is -0.820. The van der Waals surface area contributed by atoms with E-state index >= 15 is 0 Å². The van der Waals surface area contributed by atoms with Crippen molar-refractivity contribution in [3.63, 3.8) is 0 Å². The summed E-state index contributed by atoms with van der Waals surface area (Å²) in [5, 5.41) is 0.842. The van der Waals surface area contributed by atoms with Gasteiger partial charge in [-0.25, -0.2) is 0 Å². The summed E-state index contributed by atoms with van der Waals surface area (Å²) in [6.45, 7) is 2.04. The number of benzene rings is 1. The molecular formula is C13H15ClO. The minimum absolute atomic E-state index is 0.406. The van der Waals surface area contributed by atoms with Crippen molar-refractivity contribution in [1.82, 2.24) is 0 Å². The summed E-state index contributed by atoms with van der Waals surface area (Å²) in [6.07, 6.45) is 3.48. The molecule has 0 bridgehead atoms. The van der Waals surface area contributed by atoms with E-state index in [-0.39, 0.29) is 0 Å². The predicted molar refractivity (Wildman–Crippen MR) is 62.2 cm³/mol. The summed E-state index contributed by atoms with van der Waals surface area (Å²) < 4.78 is 0. The number of Topliss-reactive ketones (excluding diaryl/α,β-unsaturated/α-hetero) is 1. The summed E-state index contributed by atoms with van der Waals surface area (Å²) in [6, 6.07) is 6.16. The van der Waals surface area contributed by atoms with Crippen LogP contribution < -0.4 is 0 Å². The largest absolute Gasteiger partial charge is 0.300 e. The van der Waals surface area contributed by atoms with E-state index in [2.05, 4.69) is 12.1 Å². The quantitative estimate of drug-likeness (QED) is 0.748. The highest BCUT2D eigenvalue weighted by Gasteiger charge is 2.22. The lowest BCUT2D eigenvalue weighted by Crippen LogP contribution is -2.01. The Kier molecular flexibility index (Phi) is 3.11. The fraction of sp³-hybridized carbons (Fsp3) is 0.462. The molecule has 2 heteroatoms. The van der Waals surface area contributed by atoms with Crippen molar-refractivity contribution in [2.45, 2.75) is 32.6 Å². The van der Waals surface area contributed by atoms with E-state index in [0.717, 1.165) is 30.7 Å². The van der Waals surface area contributed by atoms with Crippen molar-refractivity contribution in [1.29, 1.82) is 0 Å². The number of carbonyl (C=O) groups excluding carboxylic acids is 1. The average molecular weight is 223 g/mol. The first kappa shape index (κ1) is 10.7. The molecule has 0 spiro atoms. The summed E-state index contributed by atoms with van der Waals surface area (Å²) in [7, 11) is 0. The Morgan fingerprint density at radius 2 is 2.27 bits per heavy atom. The second-order valence-corrected chi connectivity index (χ2v) is 4.85. The summed E-state index contributed by atoms with van der Waals surface area (Å²) in [5.41, 5.74) is 2.37. The molecule has 1 aliphatic rings. The Bertz CT molecular complexity index is 384. The van der Waals surface area contributed by atoms with Gasteiger partial charge in [0.2, 0.25) is 0 Å². The molecule has 1 atom stereocenters. The van der Waals surface area contributed by atoms with Gasteiger partial charge in [0, 0.05) is 17.9 Å². The van der Waals surface area contributed by atoms with Gasteiger partial charge in [-0.05, 0) is 42.9 Å². The molecule has 0 radical (unpaired) electrons. The van der Waals surface area contributed by atoms with Crippen LogP contribution in [0.5, 0.6) is 0 Å². The SMILES string of the molecule is Cc1ccc(CC2CCC(=O)C2)c(Cl)c1. The molecule has 0 heterocycles. The summed E-state index contributed by atoms with van der Waals surface area (Å²) in [4.78, 5) is 11.1. The van der Waals surface area contributed by atoms with Crippen LogP contribution in [0.15, 0.2) is 18.2 Å². The topological polar surface area (TPSA) is 17.1 Å². The Labute approximate surface area is 95.4 Å². The van der Waals surface area contributed by atoms with Crippen molar-refractivity contribution < 1.29 is 4.79 Å². The number of ketones is 1. The van der Waals surface area contributed by atoms with Gasteiger partial charge in [-0.1, -0.05) is 23.7 Å². The minimum atomic E-state index is 0.406. The van der Waals surface area contributed by atoms with Crippen LogP contribution in [0, 0.1) is 12.8 Å². The number of halogens is 1. The van der Waals surface area contributed by atoms with Crippen LogP contribution in [0.3, 0.4) is 0 Å². The maximum atomic E-state index is 11.1. The second kappa shape index (κ2) is 4.36. The van der Waals surface area contributed by atoms with Crippen molar-refractivity contribution in [2.24, 2.45) is 5.92 Å². The van der Waals surface area contributed by atoms with E-state index < -0.39 is 0 Å². The lowest BCUT2D eigenvalue weighted by Gasteiger charge is -2.10. The molecule has 2 rings (SSSR count). The molecule has 0 N–H and O–H groups in total. The maximum Gasteiger partial charge on any atom is 0.133 e. The third kappa shape index (κ3) is 2.60. The number of aryl methyl sites for hydroxylation is 1. The van der Waals surface area contributed by atoms with E-state index in [1.807, 2.05) is 13.0 Å². The van der Waals surface area contributed by atoms with Crippen LogP contribution >= 0.6 is 11.6 Å². The van der Waals surface area contributed by atoms with E-state index in [0.29, 0.717) is 11.7 Å². The van der Waals surface area contributed by atoms with E-state index in [1.54, 1.807) is 0 Å². The van der Waals surface area contributed by atoms with Crippen LogP contribution in [0.2, 0.25) is 5.02 Å². The smallest absolute Gasteiger partial charge is 0.133 e. The Balaban J connectivity index is 2.07. The highest BCUT2D eigenvalue weighted by molar-refractivity contribution is 6.31. The minimum Gasteiger partial charge on any atom is -0.300 e. The van der Waals surface area contributed by atoms with Gasteiger partial charge < -0.3 is 0 Å². The predicted octanol–water partition coefficient (Wildman–Crippen LogP) is 3.56. The van der Waals surface area contributed by atoms with Crippen LogP contribution in [0.4, 0.5) is 0 Å². The Morgan fingerprint density at radius 3 is 2.87 bits per heavy atom. The summed E-state index contributed by atoms with van der Waals surface area (Å²) in [5.74, 6) is 0.918. The van der Waals surface area contributed by atoms with Gasteiger partial charge in [0.15, 0.2) is 0 Å². The third-order valence-electron chi connectivity index (χ3n) is 3.06. The van der Waals surface area contributed by atoms with Crippen LogP contribution in [0.25, 0.3) is 0 Å². The molecule has 1 nitrogen and oxygen atoms in total. The zero-order valence-electron chi connectivity index (χ0n) is 8.92. The van der Waals surface area contributed by atoms with Crippen molar-refractivity contribution in [3.8, 4) is 0 Å². The zero-order valence-corrected chi connectivity index (χ0v) is 9.68. The van der Waals surface area contributed by atoms with E-state index in [1.165, 1.54) is 11.1 Å². The second-order valence-electron chi connectivity index (χ2n) is 4.45. The van der Waals surface area contributed by atoms with Crippen LogP contribution in [-0.4, -0.2) is 5.78 Å². The average Bonchev–Trinajstić information content (AvgIpc) is 2.56. The molecule has 1 aliphatic carbocycles. The zero-order chi connectivity index (χ0) is 10.8. The molecule has 1 unspecified atom stereocenters. The van der Waals surface area contributed by atoms with Gasteiger partial charge in [0.05, 0.1) is 0 Å². The molecule has 0 aromatic heterocycles. The summed E-state index contributed by atoms with van der Waals surface area (Å²) >= 11 is 6.16. The van der Waals surface area contributed by atoms with Crippen molar-refractivity contribution >= 4 is 17.4 Å². The number of carbonyl (C=O) groups is 1. The highest BCUT2D eigenvalue weighted by atomic mass is 35.5. The van der Waals surface area contributed by atoms with Crippen LogP contribution in [-0.2, 0) is 11.2 Å². The number of rotatable bonds is 2. The van der Waals surface area contributed by atoms with Gasteiger partial charge in [-0.15, -0.1) is 0 Å². The fourth-order valence-electron chi connectivity index (χ4n) is 2.19. The van der Waals surface area contributed by atoms with E-state index in [9.17, 15) is 4.79 Å². The molecule has 0 aliphatic heterocycles. The molecule has 1 aromatic carbocycles. The first-order valence-corrected chi connectivity index (χ1v) is 5.79. The highest BCUT2D eigenvalue weighted by Crippen LogP contribution is 2.28. The molecule has 0 amide bonds. The monoisotopic (exact) mass is 222 g/mol. The van der Waals surface area contributed by atoms with Gasteiger partial charge in [0.1, 0.15) is 5.78 Å². The first-order valence-electron chi connectivity index (χ1n) is 5.42. The third-order valence-corrected chi connectivity index (χ3v) is 3.42. The normalized spacial score (nSPS) is 20.9. The van der Waals surface area contributed by atoms with Crippen LogP contribution in [0.1, 0.15) is 30.4 Å².